The van der Waals surface area contributed by atoms with Crippen molar-refractivity contribution in [2.45, 2.75) is 20.3 Å². The van der Waals surface area contributed by atoms with Gasteiger partial charge in [0, 0.05) is 23.2 Å². The van der Waals surface area contributed by atoms with Gasteiger partial charge in [-0.3, -0.25) is 4.79 Å². The van der Waals surface area contributed by atoms with E-state index in [0.29, 0.717) is 21.3 Å². The molecule has 2 rings (SSSR count). The molecule has 1 aromatic heterocycles. The maximum Gasteiger partial charge on any atom is 0.167 e. The second-order valence-corrected chi connectivity index (χ2v) is 5.64. The van der Waals surface area contributed by atoms with E-state index in [1.54, 1.807) is 7.11 Å². The van der Waals surface area contributed by atoms with Gasteiger partial charge in [-0.1, -0.05) is 23.2 Å². The summed E-state index contributed by atoms with van der Waals surface area (Å²) in [5, 5.41) is 0.762. The van der Waals surface area contributed by atoms with Crippen molar-refractivity contribution in [3.63, 3.8) is 0 Å². The van der Waals surface area contributed by atoms with Crippen LogP contribution in [-0.4, -0.2) is 17.9 Å². The van der Waals surface area contributed by atoms with Gasteiger partial charge in [0.1, 0.15) is 10.9 Å². The second kappa shape index (κ2) is 6.46. The Morgan fingerprint density at radius 1 is 1.19 bits per heavy atom. The first-order chi connectivity index (χ1) is 9.92. The lowest BCUT2D eigenvalue weighted by atomic mass is 9.99. The molecule has 110 valence electrons. The number of carbonyl (C=O) groups excluding carboxylic acids is 1. The Hall–Kier alpha value is -1.58. The standard InChI is InChI=1S/C16H15Cl2NO2/c1-9-4-11(5-10(2)16(9)21-3)14(20)6-12-8-19-15(18)7-13(12)17/h4-5,7-8H,6H2,1-3H3. The van der Waals surface area contributed by atoms with Gasteiger partial charge in [-0.05, 0) is 48.7 Å². The third-order valence-electron chi connectivity index (χ3n) is 3.23. The molecule has 0 unspecified atom stereocenters. The van der Waals surface area contributed by atoms with Gasteiger partial charge in [-0.25, -0.2) is 4.98 Å². The number of methoxy groups -OCH3 is 1. The summed E-state index contributed by atoms with van der Waals surface area (Å²) in [6, 6.07) is 5.19. The van der Waals surface area contributed by atoms with Gasteiger partial charge in [0.25, 0.3) is 0 Å². The average molecular weight is 324 g/mol. The Morgan fingerprint density at radius 2 is 1.81 bits per heavy atom. The van der Waals surface area contributed by atoms with Crippen LogP contribution in [0.15, 0.2) is 24.4 Å². The lowest BCUT2D eigenvalue weighted by Gasteiger charge is -2.11. The largest absolute Gasteiger partial charge is 0.496 e. The molecule has 2 aromatic rings. The molecule has 3 nitrogen and oxygen atoms in total. The Kier molecular flexibility index (Phi) is 4.86. The number of hydrogen-bond acceptors (Lipinski definition) is 3. The fraction of sp³-hybridized carbons (Fsp3) is 0.250. The van der Waals surface area contributed by atoms with Crippen LogP contribution in [0.4, 0.5) is 0 Å². The van der Waals surface area contributed by atoms with Crippen LogP contribution in [0.3, 0.4) is 0 Å². The number of pyridine rings is 1. The van der Waals surface area contributed by atoms with E-state index in [0.717, 1.165) is 16.9 Å². The average Bonchev–Trinajstić information content (AvgIpc) is 2.41. The molecular weight excluding hydrogens is 309 g/mol. The van der Waals surface area contributed by atoms with Crippen LogP contribution in [0.25, 0.3) is 0 Å². The Labute approximate surface area is 133 Å². The van der Waals surface area contributed by atoms with Crippen molar-refractivity contribution in [1.82, 2.24) is 4.98 Å². The van der Waals surface area contributed by atoms with Crippen LogP contribution in [0.2, 0.25) is 10.2 Å². The fourth-order valence-corrected chi connectivity index (χ4v) is 2.71. The maximum absolute atomic E-state index is 12.4. The molecule has 0 bridgehead atoms. The zero-order valence-electron chi connectivity index (χ0n) is 12.0. The molecule has 0 atom stereocenters. The molecule has 0 fully saturated rings. The van der Waals surface area contributed by atoms with Crippen molar-refractivity contribution >= 4 is 29.0 Å². The number of hydrogen-bond donors (Lipinski definition) is 0. The van der Waals surface area contributed by atoms with Crippen LogP contribution in [0.1, 0.15) is 27.0 Å². The maximum atomic E-state index is 12.4. The molecule has 0 radical (unpaired) electrons. The van der Waals surface area contributed by atoms with E-state index in [1.807, 2.05) is 26.0 Å². The third-order valence-corrected chi connectivity index (χ3v) is 3.79. The Morgan fingerprint density at radius 3 is 2.33 bits per heavy atom. The van der Waals surface area contributed by atoms with E-state index in [9.17, 15) is 4.79 Å². The van der Waals surface area contributed by atoms with Gasteiger partial charge in [-0.2, -0.15) is 0 Å². The quantitative estimate of drug-likeness (QED) is 0.616. The summed E-state index contributed by atoms with van der Waals surface area (Å²) < 4.78 is 5.30. The van der Waals surface area contributed by atoms with Gasteiger partial charge in [0.05, 0.1) is 7.11 Å². The van der Waals surface area contributed by atoms with Crippen molar-refractivity contribution in [3.05, 3.63) is 56.8 Å². The fourth-order valence-electron chi connectivity index (χ4n) is 2.27. The van der Waals surface area contributed by atoms with Crippen LogP contribution in [-0.2, 0) is 6.42 Å². The number of nitrogens with zero attached hydrogens (tertiary/aromatic N) is 1. The summed E-state index contributed by atoms with van der Waals surface area (Å²) in [7, 11) is 1.62. The summed E-state index contributed by atoms with van der Waals surface area (Å²) >= 11 is 11.8. The summed E-state index contributed by atoms with van der Waals surface area (Å²) in [6.07, 6.45) is 1.72. The minimum absolute atomic E-state index is 0.0186. The molecule has 0 saturated carbocycles. The molecule has 0 aliphatic heterocycles. The number of ketones is 1. The number of halogens is 2. The molecule has 21 heavy (non-hydrogen) atoms. The number of carbonyl (C=O) groups is 1. The molecule has 0 amide bonds. The monoisotopic (exact) mass is 323 g/mol. The van der Waals surface area contributed by atoms with E-state index in [4.69, 9.17) is 27.9 Å². The summed E-state index contributed by atoms with van der Waals surface area (Å²) in [5.41, 5.74) is 3.16. The Bertz CT molecular complexity index is 676. The molecule has 0 aliphatic carbocycles. The van der Waals surface area contributed by atoms with Gasteiger partial charge in [-0.15, -0.1) is 0 Å². The van der Waals surface area contributed by atoms with Crippen molar-refractivity contribution in [2.24, 2.45) is 0 Å². The smallest absolute Gasteiger partial charge is 0.167 e. The van der Waals surface area contributed by atoms with E-state index < -0.39 is 0 Å². The first-order valence-corrected chi connectivity index (χ1v) is 7.16. The van der Waals surface area contributed by atoms with Crippen molar-refractivity contribution in [2.75, 3.05) is 7.11 Å². The van der Waals surface area contributed by atoms with E-state index in [2.05, 4.69) is 4.98 Å². The van der Waals surface area contributed by atoms with Gasteiger partial charge in [0.15, 0.2) is 5.78 Å². The van der Waals surface area contributed by atoms with Crippen LogP contribution in [0, 0.1) is 13.8 Å². The lowest BCUT2D eigenvalue weighted by Crippen LogP contribution is -2.06. The number of Topliss-reactive ketones (excluding diaryl/α,β-unsaturated/α-hetero) is 1. The highest BCUT2D eigenvalue weighted by Gasteiger charge is 2.14. The SMILES string of the molecule is COc1c(C)cc(C(=O)Cc2cnc(Cl)cc2Cl)cc1C. The molecule has 0 N–H and O–H groups in total. The van der Waals surface area contributed by atoms with Gasteiger partial charge >= 0.3 is 0 Å². The van der Waals surface area contributed by atoms with Crippen molar-refractivity contribution in [1.29, 1.82) is 0 Å². The molecule has 5 heteroatoms. The summed E-state index contributed by atoms with van der Waals surface area (Å²) in [5.74, 6) is 0.785. The minimum atomic E-state index is -0.0186. The highest BCUT2D eigenvalue weighted by molar-refractivity contribution is 6.34. The van der Waals surface area contributed by atoms with E-state index in [1.165, 1.54) is 12.3 Å². The summed E-state index contributed by atoms with van der Waals surface area (Å²) in [4.78, 5) is 16.4. The molecule has 1 heterocycles. The van der Waals surface area contributed by atoms with Crippen molar-refractivity contribution in [3.8, 4) is 5.75 Å². The lowest BCUT2D eigenvalue weighted by molar-refractivity contribution is 0.0992. The first kappa shape index (κ1) is 15.8. The number of rotatable bonds is 4. The Balaban J connectivity index is 2.28. The zero-order chi connectivity index (χ0) is 15.6. The van der Waals surface area contributed by atoms with Crippen LogP contribution in [0.5, 0.6) is 5.75 Å². The predicted molar refractivity (Wildman–Crippen MR) is 84.8 cm³/mol. The zero-order valence-corrected chi connectivity index (χ0v) is 13.5. The van der Waals surface area contributed by atoms with Gasteiger partial charge in [0.2, 0.25) is 0 Å². The molecule has 0 spiro atoms. The number of aromatic nitrogens is 1. The normalized spacial score (nSPS) is 10.5. The first-order valence-electron chi connectivity index (χ1n) is 6.40. The third kappa shape index (κ3) is 3.55. The highest BCUT2D eigenvalue weighted by atomic mass is 35.5. The molecule has 1 aromatic carbocycles. The van der Waals surface area contributed by atoms with Gasteiger partial charge < -0.3 is 4.74 Å². The highest BCUT2D eigenvalue weighted by Crippen LogP contribution is 2.26. The second-order valence-electron chi connectivity index (χ2n) is 4.84. The number of aryl methyl sites for hydroxylation is 2. The van der Waals surface area contributed by atoms with E-state index >= 15 is 0 Å². The predicted octanol–water partition coefficient (Wildman–Crippen LogP) is 4.44. The number of benzene rings is 1. The topological polar surface area (TPSA) is 39.2 Å². The minimum Gasteiger partial charge on any atom is -0.496 e. The van der Waals surface area contributed by atoms with Crippen LogP contribution < -0.4 is 4.74 Å². The van der Waals surface area contributed by atoms with Crippen LogP contribution >= 0.6 is 23.2 Å². The van der Waals surface area contributed by atoms with Crippen molar-refractivity contribution < 1.29 is 9.53 Å². The molecular formula is C16H15Cl2NO2. The summed E-state index contributed by atoms with van der Waals surface area (Å²) in [6.45, 7) is 3.83. The van der Waals surface area contributed by atoms with E-state index in [-0.39, 0.29) is 12.2 Å². The number of ether oxygens (including phenoxy) is 1. The molecule has 0 saturated heterocycles. The molecule has 0 aliphatic rings.